The molecule has 2 atom stereocenters. The smallest absolute Gasteiger partial charge is 0.0823 e. The molecule has 0 aromatic heterocycles. The van der Waals surface area contributed by atoms with E-state index in [9.17, 15) is 0 Å². The Bertz CT molecular complexity index is 200. The molecular formula is C12H26N2O. The molecule has 2 aliphatic rings. The summed E-state index contributed by atoms with van der Waals surface area (Å²) in [6.07, 6.45) is 1.49. The molecule has 0 aromatic rings. The van der Waals surface area contributed by atoms with E-state index in [0.29, 0.717) is 0 Å². The largest absolute Gasteiger partial charge is 0.870 e. The van der Waals surface area contributed by atoms with E-state index in [2.05, 4.69) is 32.8 Å². The van der Waals surface area contributed by atoms with Gasteiger partial charge in [-0.05, 0) is 20.3 Å². The van der Waals surface area contributed by atoms with Gasteiger partial charge in [0, 0.05) is 31.0 Å². The van der Waals surface area contributed by atoms with E-state index < -0.39 is 0 Å². The second-order valence-corrected chi connectivity index (χ2v) is 6.32. The molecule has 15 heavy (non-hydrogen) atoms. The van der Waals surface area contributed by atoms with Gasteiger partial charge in [0.25, 0.3) is 0 Å². The molecule has 0 amide bonds. The maximum Gasteiger partial charge on any atom is 0.0823 e. The summed E-state index contributed by atoms with van der Waals surface area (Å²) in [5, 5.41) is 0. The lowest BCUT2D eigenvalue weighted by molar-refractivity contribution is -0.903. The SMILES string of the molecule is CC(C)N1CC2CC(C1)C[N+](C)(C)C2.[OH-]. The van der Waals surface area contributed by atoms with Crippen LogP contribution >= 0.6 is 0 Å². The monoisotopic (exact) mass is 214 g/mol. The number of rotatable bonds is 1. The van der Waals surface area contributed by atoms with Gasteiger partial charge in [0.2, 0.25) is 0 Å². The van der Waals surface area contributed by atoms with Crippen LogP contribution in [0.3, 0.4) is 0 Å². The van der Waals surface area contributed by atoms with Crippen LogP contribution in [0.25, 0.3) is 0 Å². The Morgan fingerprint density at radius 3 is 1.93 bits per heavy atom. The van der Waals surface area contributed by atoms with Gasteiger partial charge in [0.05, 0.1) is 27.2 Å². The molecule has 1 N–H and O–H groups in total. The van der Waals surface area contributed by atoms with E-state index >= 15 is 0 Å². The quantitative estimate of drug-likeness (QED) is 0.615. The van der Waals surface area contributed by atoms with Crippen molar-refractivity contribution in [3.8, 4) is 0 Å². The lowest BCUT2D eigenvalue weighted by Crippen LogP contribution is -2.59. The molecule has 2 fully saturated rings. The molecule has 0 spiro atoms. The Labute approximate surface area is 94.0 Å². The summed E-state index contributed by atoms with van der Waals surface area (Å²) in [5.41, 5.74) is 0. The topological polar surface area (TPSA) is 33.2 Å². The first-order chi connectivity index (χ1) is 6.46. The fraction of sp³-hybridized carbons (Fsp3) is 1.00. The van der Waals surface area contributed by atoms with Crippen molar-refractivity contribution in [1.29, 1.82) is 0 Å². The minimum atomic E-state index is 0. The molecule has 3 heteroatoms. The zero-order valence-corrected chi connectivity index (χ0v) is 10.6. The number of quaternary nitrogens is 1. The molecule has 2 saturated heterocycles. The van der Waals surface area contributed by atoms with Crippen LogP contribution in [0.5, 0.6) is 0 Å². The third-order valence-electron chi connectivity index (χ3n) is 3.89. The van der Waals surface area contributed by atoms with Crippen molar-refractivity contribution >= 4 is 0 Å². The standard InChI is InChI=1S/C12H25N2.H2O/c1-10(2)13-6-11-5-12(7-13)9-14(3,4)8-11;/h10-12H,5-9H2,1-4H3;1H2/q+1;/p-1. The molecule has 0 saturated carbocycles. The maximum atomic E-state index is 2.68. The van der Waals surface area contributed by atoms with Crippen LogP contribution in [0.1, 0.15) is 20.3 Å². The minimum absolute atomic E-state index is 0. The molecule has 2 heterocycles. The zero-order chi connectivity index (χ0) is 10.3. The highest BCUT2D eigenvalue weighted by molar-refractivity contribution is 4.83. The summed E-state index contributed by atoms with van der Waals surface area (Å²) in [5.74, 6) is 1.92. The second-order valence-electron chi connectivity index (χ2n) is 6.32. The summed E-state index contributed by atoms with van der Waals surface area (Å²) < 4.78 is 1.25. The highest BCUT2D eigenvalue weighted by atomic mass is 16.0. The number of nitrogens with zero attached hydrogens (tertiary/aromatic N) is 2. The predicted octanol–water partition coefficient (Wildman–Crippen LogP) is 1.25. The van der Waals surface area contributed by atoms with Crippen molar-refractivity contribution in [2.75, 3.05) is 40.3 Å². The fourth-order valence-electron chi connectivity index (χ4n) is 3.52. The van der Waals surface area contributed by atoms with Crippen molar-refractivity contribution in [2.24, 2.45) is 11.8 Å². The summed E-state index contributed by atoms with van der Waals surface area (Å²) >= 11 is 0. The Kier molecular flexibility index (Phi) is 3.80. The molecule has 2 bridgehead atoms. The Morgan fingerprint density at radius 1 is 1.07 bits per heavy atom. The highest BCUT2D eigenvalue weighted by Gasteiger charge is 2.39. The third kappa shape index (κ3) is 2.92. The van der Waals surface area contributed by atoms with Crippen LogP contribution in [-0.4, -0.2) is 61.2 Å². The Morgan fingerprint density at radius 2 is 1.53 bits per heavy atom. The van der Waals surface area contributed by atoms with Crippen LogP contribution in [0.2, 0.25) is 0 Å². The average Bonchev–Trinajstić information content (AvgIpc) is 1.99. The second kappa shape index (κ2) is 4.40. The van der Waals surface area contributed by atoms with Gasteiger partial charge in [-0.3, -0.25) is 4.90 Å². The van der Waals surface area contributed by atoms with Gasteiger partial charge < -0.3 is 9.96 Å². The summed E-state index contributed by atoms with van der Waals surface area (Å²) in [6.45, 7) is 10.1. The number of fused-ring (bicyclic) bond motifs is 2. The molecule has 0 aromatic carbocycles. The number of piperidine rings is 2. The first-order valence-electron chi connectivity index (χ1n) is 6.02. The molecule has 0 aliphatic carbocycles. The lowest BCUT2D eigenvalue weighted by atomic mass is 9.83. The van der Waals surface area contributed by atoms with E-state index in [4.69, 9.17) is 0 Å². The molecule has 2 rings (SSSR count). The summed E-state index contributed by atoms with van der Waals surface area (Å²) in [6, 6.07) is 0.744. The van der Waals surface area contributed by atoms with Crippen molar-refractivity contribution in [1.82, 2.24) is 4.90 Å². The van der Waals surface area contributed by atoms with Crippen LogP contribution in [0.4, 0.5) is 0 Å². The Balaban J connectivity index is 0.00000112. The van der Waals surface area contributed by atoms with E-state index in [1.165, 1.54) is 37.1 Å². The summed E-state index contributed by atoms with van der Waals surface area (Å²) in [7, 11) is 4.79. The van der Waals surface area contributed by atoms with E-state index in [1.54, 1.807) is 0 Å². The molecule has 0 radical (unpaired) electrons. The maximum absolute atomic E-state index is 2.68. The zero-order valence-electron chi connectivity index (χ0n) is 10.6. The third-order valence-corrected chi connectivity index (χ3v) is 3.89. The lowest BCUT2D eigenvalue weighted by Gasteiger charge is -2.49. The molecule has 90 valence electrons. The van der Waals surface area contributed by atoms with Crippen LogP contribution in [0.15, 0.2) is 0 Å². The van der Waals surface area contributed by atoms with Crippen molar-refractivity contribution in [3.63, 3.8) is 0 Å². The molecule has 2 unspecified atom stereocenters. The molecule has 3 nitrogen and oxygen atoms in total. The van der Waals surface area contributed by atoms with Gasteiger partial charge in [0.1, 0.15) is 0 Å². The Hall–Kier alpha value is -0.120. The number of hydrogen-bond acceptors (Lipinski definition) is 2. The fourth-order valence-corrected chi connectivity index (χ4v) is 3.52. The van der Waals surface area contributed by atoms with E-state index in [-0.39, 0.29) is 5.48 Å². The van der Waals surface area contributed by atoms with Crippen LogP contribution in [0, 0.1) is 11.8 Å². The van der Waals surface area contributed by atoms with Gasteiger partial charge in [-0.1, -0.05) is 0 Å². The number of likely N-dealkylation sites (tertiary alicyclic amines) is 2. The number of hydrogen-bond donors (Lipinski definition) is 0. The van der Waals surface area contributed by atoms with Gasteiger partial charge in [-0.15, -0.1) is 0 Å². The van der Waals surface area contributed by atoms with E-state index in [1.807, 2.05) is 0 Å². The van der Waals surface area contributed by atoms with Crippen LogP contribution < -0.4 is 0 Å². The first-order valence-corrected chi connectivity index (χ1v) is 6.02. The normalized spacial score (nSPS) is 35.0. The highest BCUT2D eigenvalue weighted by Crippen LogP contribution is 2.31. The van der Waals surface area contributed by atoms with Crippen molar-refractivity contribution < 1.29 is 9.96 Å². The predicted molar refractivity (Wildman–Crippen MR) is 62.1 cm³/mol. The summed E-state index contributed by atoms with van der Waals surface area (Å²) in [4.78, 5) is 2.68. The van der Waals surface area contributed by atoms with Crippen molar-refractivity contribution in [2.45, 2.75) is 26.3 Å². The van der Waals surface area contributed by atoms with Gasteiger partial charge in [-0.25, -0.2) is 0 Å². The first kappa shape index (κ1) is 12.9. The molecule has 2 aliphatic heterocycles. The van der Waals surface area contributed by atoms with Gasteiger partial charge >= 0.3 is 0 Å². The minimum Gasteiger partial charge on any atom is -0.870 e. The van der Waals surface area contributed by atoms with Gasteiger partial charge in [0.15, 0.2) is 0 Å². The van der Waals surface area contributed by atoms with Crippen LogP contribution in [-0.2, 0) is 0 Å². The van der Waals surface area contributed by atoms with Crippen molar-refractivity contribution in [3.05, 3.63) is 0 Å². The molecular weight excluding hydrogens is 188 g/mol. The average molecular weight is 214 g/mol. The van der Waals surface area contributed by atoms with E-state index in [0.717, 1.165) is 17.9 Å². The van der Waals surface area contributed by atoms with Gasteiger partial charge in [-0.2, -0.15) is 0 Å².